The number of guanidine groups is 1. The zero-order valence-electron chi connectivity index (χ0n) is 8.77. The third kappa shape index (κ3) is 7.59. The van der Waals surface area contributed by atoms with Crippen molar-refractivity contribution in [3.8, 4) is 0 Å². The molecule has 0 aliphatic rings. The highest BCUT2D eigenvalue weighted by Gasteiger charge is 1.92. The smallest absolute Gasteiger partial charge is 0.205 e. The number of aliphatic imine (C=N–C) groups is 1. The van der Waals surface area contributed by atoms with E-state index in [4.69, 9.17) is 5.84 Å². The van der Waals surface area contributed by atoms with Crippen LogP contribution in [0.3, 0.4) is 0 Å². The van der Waals surface area contributed by atoms with Crippen molar-refractivity contribution < 1.29 is 0 Å². The Morgan fingerprint density at radius 2 is 2.00 bits per heavy atom. The van der Waals surface area contributed by atoms with Gasteiger partial charge in [0, 0.05) is 13.1 Å². The zero-order chi connectivity index (χ0) is 9.94. The second kappa shape index (κ2) is 9.32. The Morgan fingerprint density at radius 1 is 1.23 bits per heavy atom. The van der Waals surface area contributed by atoms with Crippen LogP contribution >= 0.6 is 0 Å². The fourth-order valence-electron chi connectivity index (χ4n) is 0.958. The van der Waals surface area contributed by atoms with Crippen LogP contribution in [0.25, 0.3) is 0 Å². The number of unbranched alkanes of at least 4 members (excludes halogenated alkanes) is 2. The van der Waals surface area contributed by atoms with E-state index in [0.29, 0.717) is 5.96 Å². The zero-order valence-corrected chi connectivity index (χ0v) is 8.77. The standard InChI is InChI=1S/C9H22N4/c1-3-5-6-8-12-9(13-10)11-7-4-2/h3-8,10H2,1-2H3,(H2,11,12,13). The van der Waals surface area contributed by atoms with Crippen LogP contribution in [0, 0.1) is 0 Å². The normalized spacial score (nSPS) is 11.5. The molecule has 0 saturated heterocycles. The van der Waals surface area contributed by atoms with Crippen LogP contribution in [0.5, 0.6) is 0 Å². The Bertz CT molecular complexity index is 134. The lowest BCUT2D eigenvalue weighted by Gasteiger charge is -2.07. The molecule has 0 rings (SSSR count). The Labute approximate surface area is 81.0 Å². The van der Waals surface area contributed by atoms with E-state index in [1.54, 1.807) is 0 Å². The molecule has 0 aromatic heterocycles. The summed E-state index contributed by atoms with van der Waals surface area (Å²) in [6.45, 7) is 6.04. The fraction of sp³-hybridized carbons (Fsp3) is 0.889. The summed E-state index contributed by atoms with van der Waals surface area (Å²) >= 11 is 0. The molecule has 0 unspecified atom stereocenters. The summed E-state index contributed by atoms with van der Waals surface area (Å²) in [7, 11) is 0. The van der Waals surface area contributed by atoms with Gasteiger partial charge in [0.1, 0.15) is 0 Å². The quantitative estimate of drug-likeness (QED) is 0.191. The molecule has 4 N–H and O–H groups in total. The van der Waals surface area contributed by atoms with Crippen LogP contribution in [0.1, 0.15) is 39.5 Å². The van der Waals surface area contributed by atoms with E-state index in [9.17, 15) is 0 Å². The Hall–Kier alpha value is -0.770. The van der Waals surface area contributed by atoms with Crippen molar-refractivity contribution in [2.45, 2.75) is 39.5 Å². The molecule has 78 valence electrons. The number of nitrogens with two attached hydrogens (primary N) is 1. The van der Waals surface area contributed by atoms with Crippen molar-refractivity contribution in [1.82, 2.24) is 10.7 Å². The lowest BCUT2D eigenvalue weighted by molar-refractivity contribution is 0.683. The molecular weight excluding hydrogens is 164 g/mol. The van der Waals surface area contributed by atoms with Crippen molar-refractivity contribution in [3.63, 3.8) is 0 Å². The van der Waals surface area contributed by atoms with Crippen LogP contribution in [-0.2, 0) is 0 Å². The lowest BCUT2D eigenvalue weighted by Crippen LogP contribution is -2.42. The number of hydrazine groups is 1. The predicted molar refractivity (Wildman–Crippen MR) is 57.4 cm³/mol. The van der Waals surface area contributed by atoms with Gasteiger partial charge >= 0.3 is 0 Å². The average Bonchev–Trinajstić information content (AvgIpc) is 2.17. The van der Waals surface area contributed by atoms with Gasteiger partial charge in [0.2, 0.25) is 5.96 Å². The Kier molecular flexibility index (Phi) is 8.77. The first-order valence-corrected chi connectivity index (χ1v) is 5.10. The minimum absolute atomic E-state index is 0.706. The van der Waals surface area contributed by atoms with E-state index in [0.717, 1.165) is 19.5 Å². The van der Waals surface area contributed by atoms with Gasteiger partial charge < -0.3 is 5.32 Å². The average molecular weight is 186 g/mol. The van der Waals surface area contributed by atoms with E-state index in [1.165, 1.54) is 19.3 Å². The molecule has 0 aliphatic heterocycles. The maximum absolute atomic E-state index is 5.28. The molecule has 0 saturated carbocycles. The molecule has 0 radical (unpaired) electrons. The van der Waals surface area contributed by atoms with Crippen LogP contribution < -0.4 is 16.6 Å². The van der Waals surface area contributed by atoms with E-state index in [1.807, 2.05) is 0 Å². The summed E-state index contributed by atoms with van der Waals surface area (Å²) in [6, 6.07) is 0. The first-order valence-electron chi connectivity index (χ1n) is 5.10. The number of nitrogens with zero attached hydrogens (tertiary/aromatic N) is 1. The molecule has 0 aromatic carbocycles. The molecule has 4 nitrogen and oxygen atoms in total. The van der Waals surface area contributed by atoms with Gasteiger partial charge in [-0.3, -0.25) is 10.4 Å². The van der Waals surface area contributed by atoms with Gasteiger partial charge in [-0.05, 0) is 12.8 Å². The highest BCUT2D eigenvalue weighted by atomic mass is 15.3. The van der Waals surface area contributed by atoms with Gasteiger partial charge in [-0.15, -0.1) is 0 Å². The van der Waals surface area contributed by atoms with Gasteiger partial charge in [0.15, 0.2) is 0 Å². The monoisotopic (exact) mass is 186 g/mol. The molecular formula is C9H22N4. The third-order valence-corrected chi connectivity index (χ3v) is 1.70. The summed E-state index contributed by atoms with van der Waals surface area (Å²) in [5, 5.41) is 3.15. The molecule has 0 aliphatic carbocycles. The summed E-state index contributed by atoms with van der Waals surface area (Å²) in [4.78, 5) is 4.23. The molecule has 0 atom stereocenters. The van der Waals surface area contributed by atoms with Gasteiger partial charge in [-0.2, -0.15) is 0 Å². The number of hydrogen-bond acceptors (Lipinski definition) is 2. The first kappa shape index (κ1) is 12.2. The fourth-order valence-corrected chi connectivity index (χ4v) is 0.958. The van der Waals surface area contributed by atoms with Crippen molar-refractivity contribution in [2.75, 3.05) is 13.1 Å². The minimum atomic E-state index is 0.706. The molecule has 0 bridgehead atoms. The summed E-state index contributed by atoms with van der Waals surface area (Å²) in [6.07, 6.45) is 4.70. The van der Waals surface area contributed by atoms with Gasteiger partial charge in [0.05, 0.1) is 0 Å². The van der Waals surface area contributed by atoms with Crippen LogP contribution in [0.2, 0.25) is 0 Å². The summed E-state index contributed by atoms with van der Waals surface area (Å²) in [5.41, 5.74) is 2.55. The number of hydrogen-bond donors (Lipinski definition) is 3. The highest BCUT2D eigenvalue weighted by Crippen LogP contribution is 1.90. The summed E-state index contributed by atoms with van der Waals surface area (Å²) < 4.78 is 0. The van der Waals surface area contributed by atoms with Gasteiger partial charge in [0.25, 0.3) is 0 Å². The van der Waals surface area contributed by atoms with Crippen molar-refractivity contribution >= 4 is 5.96 Å². The third-order valence-electron chi connectivity index (χ3n) is 1.70. The van der Waals surface area contributed by atoms with Crippen molar-refractivity contribution in [3.05, 3.63) is 0 Å². The first-order chi connectivity index (χ1) is 6.35. The molecule has 4 heteroatoms. The van der Waals surface area contributed by atoms with E-state index >= 15 is 0 Å². The number of rotatable bonds is 6. The maximum Gasteiger partial charge on any atom is 0.205 e. The van der Waals surface area contributed by atoms with Gasteiger partial charge in [-0.1, -0.05) is 26.7 Å². The molecule has 0 amide bonds. The highest BCUT2D eigenvalue weighted by molar-refractivity contribution is 5.79. The minimum Gasteiger partial charge on any atom is -0.355 e. The van der Waals surface area contributed by atoms with Crippen LogP contribution in [0.4, 0.5) is 0 Å². The Balaban J connectivity index is 3.47. The SMILES string of the molecule is CCCCCNC(=NCCC)NN. The largest absolute Gasteiger partial charge is 0.355 e. The summed E-state index contributed by atoms with van der Waals surface area (Å²) in [5.74, 6) is 5.99. The molecule has 0 fully saturated rings. The Morgan fingerprint density at radius 3 is 2.54 bits per heavy atom. The molecule has 0 heterocycles. The second-order valence-electron chi connectivity index (χ2n) is 3.01. The van der Waals surface area contributed by atoms with E-state index < -0.39 is 0 Å². The second-order valence-corrected chi connectivity index (χ2v) is 3.01. The molecule has 13 heavy (non-hydrogen) atoms. The van der Waals surface area contributed by atoms with Gasteiger partial charge in [-0.25, -0.2) is 5.84 Å². The maximum atomic E-state index is 5.28. The number of nitrogens with one attached hydrogen (secondary N) is 2. The predicted octanol–water partition coefficient (Wildman–Crippen LogP) is 0.995. The van der Waals surface area contributed by atoms with E-state index in [-0.39, 0.29) is 0 Å². The van der Waals surface area contributed by atoms with Crippen LogP contribution in [0.15, 0.2) is 4.99 Å². The topological polar surface area (TPSA) is 62.4 Å². The lowest BCUT2D eigenvalue weighted by atomic mass is 10.2. The van der Waals surface area contributed by atoms with Crippen molar-refractivity contribution in [2.24, 2.45) is 10.8 Å². The molecule has 0 spiro atoms. The van der Waals surface area contributed by atoms with Crippen LogP contribution in [-0.4, -0.2) is 19.0 Å². The van der Waals surface area contributed by atoms with Crippen molar-refractivity contribution in [1.29, 1.82) is 0 Å². The van der Waals surface area contributed by atoms with E-state index in [2.05, 4.69) is 29.6 Å². The molecule has 0 aromatic rings.